The van der Waals surface area contributed by atoms with Gasteiger partial charge in [0.2, 0.25) is 5.91 Å². The third kappa shape index (κ3) is 6.12. The van der Waals surface area contributed by atoms with Gasteiger partial charge in [-0.15, -0.1) is 24.8 Å². The minimum atomic E-state index is -0.190. The molecule has 2 aliphatic rings. The van der Waals surface area contributed by atoms with Crippen LogP contribution in [-0.2, 0) is 16.1 Å². The molecule has 7 heteroatoms. The number of nitrogens with one attached hydrogen (secondary N) is 1. The molecule has 1 amide bonds. The van der Waals surface area contributed by atoms with Gasteiger partial charge in [0.15, 0.2) is 0 Å². The second-order valence-electron chi connectivity index (χ2n) is 6.45. The van der Waals surface area contributed by atoms with Crippen LogP contribution in [0.25, 0.3) is 0 Å². The smallest absolute Gasteiger partial charge is 0.242 e. The van der Waals surface area contributed by atoms with Crippen molar-refractivity contribution in [2.24, 2.45) is 0 Å². The van der Waals surface area contributed by atoms with Crippen molar-refractivity contribution in [3.63, 3.8) is 0 Å². The fraction of sp³-hybridized carbons (Fsp3) is 0.611. The molecule has 2 atom stereocenters. The predicted octanol–water partition coefficient (Wildman–Crippen LogP) is 1.94. The number of hydrogen-bond donors (Lipinski definition) is 1. The Hall–Kier alpha value is -0.850. The van der Waals surface area contributed by atoms with Crippen molar-refractivity contribution in [1.29, 1.82) is 0 Å². The highest BCUT2D eigenvalue weighted by molar-refractivity contribution is 5.85. The molecule has 0 spiro atoms. The number of carbonyl (C=O) groups is 1. The van der Waals surface area contributed by atoms with Gasteiger partial charge >= 0.3 is 0 Å². The Balaban J connectivity index is 0.00000156. The highest BCUT2D eigenvalue weighted by atomic mass is 35.5. The Labute approximate surface area is 162 Å². The highest BCUT2D eigenvalue weighted by Crippen LogP contribution is 2.12. The molecular weight excluding hydrogens is 361 g/mol. The first-order chi connectivity index (χ1) is 11.2. The summed E-state index contributed by atoms with van der Waals surface area (Å²) < 4.78 is 5.61. The minimum absolute atomic E-state index is 0. The van der Waals surface area contributed by atoms with E-state index in [1.54, 1.807) is 0 Å². The summed E-state index contributed by atoms with van der Waals surface area (Å²) in [4.78, 5) is 17.2. The Morgan fingerprint density at radius 1 is 1.16 bits per heavy atom. The topological polar surface area (TPSA) is 44.8 Å². The van der Waals surface area contributed by atoms with Crippen molar-refractivity contribution in [1.82, 2.24) is 15.1 Å². The molecule has 3 rings (SSSR count). The Morgan fingerprint density at radius 3 is 2.64 bits per heavy atom. The first-order valence-electron chi connectivity index (χ1n) is 8.64. The summed E-state index contributed by atoms with van der Waals surface area (Å²) in [6.45, 7) is 8.01. The van der Waals surface area contributed by atoms with E-state index in [1.165, 1.54) is 5.56 Å². The number of benzene rings is 1. The zero-order valence-corrected chi connectivity index (χ0v) is 16.4. The van der Waals surface area contributed by atoms with Gasteiger partial charge in [0, 0.05) is 39.3 Å². The van der Waals surface area contributed by atoms with Crippen LogP contribution in [0.4, 0.5) is 0 Å². The number of nitrogens with zero attached hydrogens (tertiary/aromatic N) is 2. The summed E-state index contributed by atoms with van der Waals surface area (Å²) >= 11 is 0. The molecule has 0 unspecified atom stereocenters. The van der Waals surface area contributed by atoms with Crippen molar-refractivity contribution < 1.29 is 9.53 Å². The van der Waals surface area contributed by atoms with Crippen LogP contribution in [0.15, 0.2) is 30.3 Å². The molecule has 0 saturated carbocycles. The van der Waals surface area contributed by atoms with E-state index in [2.05, 4.69) is 34.5 Å². The van der Waals surface area contributed by atoms with Gasteiger partial charge in [-0.05, 0) is 18.9 Å². The minimum Gasteiger partial charge on any atom is -0.375 e. The molecule has 0 bridgehead atoms. The highest BCUT2D eigenvalue weighted by Gasteiger charge is 2.32. The van der Waals surface area contributed by atoms with Gasteiger partial charge in [-0.3, -0.25) is 9.69 Å². The molecule has 25 heavy (non-hydrogen) atoms. The second kappa shape index (κ2) is 11.0. The van der Waals surface area contributed by atoms with Gasteiger partial charge in [-0.2, -0.15) is 0 Å². The van der Waals surface area contributed by atoms with E-state index in [0.717, 1.165) is 45.7 Å². The lowest BCUT2D eigenvalue weighted by Gasteiger charge is -2.33. The Morgan fingerprint density at radius 2 is 1.92 bits per heavy atom. The molecule has 2 aliphatic heterocycles. The fourth-order valence-corrected chi connectivity index (χ4v) is 3.40. The van der Waals surface area contributed by atoms with Crippen molar-refractivity contribution in [3.8, 4) is 0 Å². The molecule has 2 heterocycles. The molecule has 0 radical (unpaired) electrons. The van der Waals surface area contributed by atoms with Crippen LogP contribution in [-0.4, -0.2) is 67.2 Å². The van der Waals surface area contributed by atoms with E-state index in [-0.39, 0.29) is 42.9 Å². The third-order valence-electron chi connectivity index (χ3n) is 4.73. The van der Waals surface area contributed by atoms with E-state index < -0.39 is 0 Å². The molecule has 0 aromatic heterocycles. The molecule has 1 N–H and O–H groups in total. The molecule has 5 nitrogen and oxygen atoms in total. The summed E-state index contributed by atoms with van der Waals surface area (Å²) in [5.74, 6) is 0.193. The van der Waals surface area contributed by atoms with Gasteiger partial charge in [0.05, 0.1) is 12.7 Å². The molecular formula is C18H29Cl2N3O2. The van der Waals surface area contributed by atoms with Crippen molar-refractivity contribution in [2.45, 2.75) is 32.0 Å². The summed E-state index contributed by atoms with van der Waals surface area (Å²) in [6, 6.07) is 10.4. The van der Waals surface area contributed by atoms with Gasteiger partial charge in [0.1, 0.15) is 6.04 Å². The second-order valence-corrected chi connectivity index (χ2v) is 6.45. The van der Waals surface area contributed by atoms with Gasteiger partial charge in [-0.25, -0.2) is 0 Å². The van der Waals surface area contributed by atoms with Crippen molar-refractivity contribution >= 4 is 30.7 Å². The van der Waals surface area contributed by atoms with Crippen LogP contribution in [0.1, 0.15) is 18.9 Å². The van der Waals surface area contributed by atoms with Gasteiger partial charge in [0.25, 0.3) is 0 Å². The lowest BCUT2D eigenvalue weighted by Crippen LogP contribution is -2.56. The molecule has 142 valence electrons. The Kier molecular flexibility index (Phi) is 9.75. The maximum Gasteiger partial charge on any atom is 0.242 e. The lowest BCUT2D eigenvalue weighted by molar-refractivity contribution is -0.139. The van der Waals surface area contributed by atoms with Crippen LogP contribution in [0.3, 0.4) is 0 Å². The van der Waals surface area contributed by atoms with Crippen LogP contribution >= 0.6 is 24.8 Å². The summed E-state index contributed by atoms with van der Waals surface area (Å²) in [7, 11) is 0. The first-order valence-corrected chi connectivity index (χ1v) is 8.64. The zero-order valence-electron chi connectivity index (χ0n) is 14.7. The number of halogens is 2. The van der Waals surface area contributed by atoms with Gasteiger partial charge in [-0.1, -0.05) is 30.3 Å². The van der Waals surface area contributed by atoms with Crippen LogP contribution in [0.5, 0.6) is 0 Å². The van der Waals surface area contributed by atoms with E-state index >= 15 is 0 Å². The third-order valence-corrected chi connectivity index (χ3v) is 4.73. The number of carbonyl (C=O) groups excluding carboxylic acids is 1. The van der Waals surface area contributed by atoms with E-state index in [0.29, 0.717) is 6.61 Å². The quantitative estimate of drug-likeness (QED) is 0.857. The van der Waals surface area contributed by atoms with Crippen molar-refractivity contribution in [3.05, 3.63) is 35.9 Å². The maximum atomic E-state index is 12.7. The number of hydrogen-bond acceptors (Lipinski definition) is 4. The summed E-state index contributed by atoms with van der Waals surface area (Å²) in [5, 5.41) is 3.31. The maximum absolute atomic E-state index is 12.7. The van der Waals surface area contributed by atoms with Gasteiger partial charge < -0.3 is 15.0 Å². The molecule has 1 aromatic carbocycles. The summed E-state index contributed by atoms with van der Waals surface area (Å²) in [6.07, 6.45) is 0.987. The first kappa shape index (κ1) is 22.2. The zero-order chi connectivity index (χ0) is 16.1. The Bertz CT molecular complexity index is 518. The molecule has 2 saturated heterocycles. The number of ether oxygens (including phenoxy) is 1. The monoisotopic (exact) mass is 389 g/mol. The average molecular weight is 390 g/mol. The van der Waals surface area contributed by atoms with E-state index in [1.807, 2.05) is 17.9 Å². The van der Waals surface area contributed by atoms with Crippen LogP contribution < -0.4 is 5.32 Å². The van der Waals surface area contributed by atoms with Crippen LogP contribution in [0.2, 0.25) is 0 Å². The molecule has 2 fully saturated rings. The predicted molar refractivity (Wildman–Crippen MR) is 105 cm³/mol. The van der Waals surface area contributed by atoms with Crippen LogP contribution in [0, 0.1) is 0 Å². The van der Waals surface area contributed by atoms with E-state index in [9.17, 15) is 4.79 Å². The fourth-order valence-electron chi connectivity index (χ4n) is 3.40. The molecule has 0 aliphatic carbocycles. The lowest BCUT2D eigenvalue weighted by atomic mass is 10.1. The largest absolute Gasteiger partial charge is 0.375 e. The number of morpholine rings is 1. The molecule has 1 aromatic rings. The standard InChI is InChI=1S/C18H27N3O2.2ClH/c1-15-17(19-8-13-23-15)18(22)21-10-5-9-20(11-12-21)14-16-6-3-2-4-7-16;;/h2-4,6-7,15,17,19H,5,8-14H2,1H3;2*1H/t15-,17+;;/m1../s1. The number of rotatable bonds is 3. The number of amides is 1. The summed E-state index contributed by atoms with van der Waals surface area (Å²) in [5.41, 5.74) is 1.34. The normalized spacial score (nSPS) is 24.6. The van der Waals surface area contributed by atoms with Crippen molar-refractivity contribution in [2.75, 3.05) is 39.3 Å². The average Bonchev–Trinajstić information content (AvgIpc) is 2.81. The SMILES string of the molecule is C[C@H]1OCCN[C@@H]1C(=O)N1CCCN(Cc2ccccc2)CC1.Cl.Cl. The van der Waals surface area contributed by atoms with E-state index in [4.69, 9.17) is 4.74 Å².